The summed E-state index contributed by atoms with van der Waals surface area (Å²) in [7, 11) is 0. The van der Waals surface area contributed by atoms with Crippen LogP contribution >= 0.6 is 0 Å². The summed E-state index contributed by atoms with van der Waals surface area (Å²) in [5.74, 6) is 0. The van der Waals surface area contributed by atoms with Crippen LogP contribution in [0, 0.1) is 0 Å². The van der Waals surface area contributed by atoms with E-state index in [4.69, 9.17) is 5.11 Å². The maximum atomic E-state index is 11.7. The Balaban J connectivity index is 1.98. The minimum atomic E-state index is -0.232. The number of aromatic nitrogens is 2. The summed E-state index contributed by atoms with van der Waals surface area (Å²) in [6, 6.07) is 7.58. The van der Waals surface area contributed by atoms with E-state index in [-0.39, 0.29) is 18.7 Å². The van der Waals surface area contributed by atoms with Crippen LogP contribution in [0.3, 0.4) is 0 Å². The third kappa shape index (κ3) is 4.32. The van der Waals surface area contributed by atoms with Gasteiger partial charge in [0, 0.05) is 31.2 Å². The van der Waals surface area contributed by atoms with Gasteiger partial charge in [-0.25, -0.2) is 9.78 Å². The minimum Gasteiger partial charge on any atom is -0.396 e. The Labute approximate surface area is 123 Å². The van der Waals surface area contributed by atoms with Gasteiger partial charge in [0.1, 0.15) is 0 Å². The summed E-state index contributed by atoms with van der Waals surface area (Å²) in [4.78, 5) is 15.7. The smallest absolute Gasteiger partial charge is 0.315 e. The van der Waals surface area contributed by atoms with E-state index >= 15 is 0 Å². The predicted molar refractivity (Wildman–Crippen MR) is 80.2 cm³/mol. The summed E-state index contributed by atoms with van der Waals surface area (Å²) in [5, 5.41) is 14.3. The summed E-state index contributed by atoms with van der Waals surface area (Å²) >= 11 is 0. The van der Waals surface area contributed by atoms with E-state index in [2.05, 4.69) is 15.6 Å². The number of nitrogens with one attached hydrogen (secondary N) is 2. The second-order valence-electron chi connectivity index (χ2n) is 4.76. The third-order valence-electron chi connectivity index (χ3n) is 3.14. The van der Waals surface area contributed by atoms with E-state index in [1.807, 2.05) is 42.0 Å². The molecule has 2 rings (SSSR count). The Hall–Kier alpha value is -2.34. The zero-order chi connectivity index (χ0) is 15.1. The van der Waals surface area contributed by atoms with Gasteiger partial charge in [-0.2, -0.15) is 0 Å². The van der Waals surface area contributed by atoms with Crippen molar-refractivity contribution in [2.24, 2.45) is 0 Å². The molecule has 112 valence electrons. The average Bonchev–Trinajstić information content (AvgIpc) is 3.02. The predicted octanol–water partition coefficient (Wildman–Crippen LogP) is 1.61. The topological polar surface area (TPSA) is 79.2 Å². The first-order chi connectivity index (χ1) is 10.2. The van der Waals surface area contributed by atoms with Crippen molar-refractivity contribution in [3.05, 3.63) is 48.5 Å². The molecule has 21 heavy (non-hydrogen) atoms. The summed E-state index contributed by atoms with van der Waals surface area (Å²) < 4.78 is 1.91. The normalized spacial score (nSPS) is 11.9. The van der Waals surface area contributed by atoms with Crippen molar-refractivity contribution in [3.8, 4) is 5.69 Å². The van der Waals surface area contributed by atoms with Gasteiger partial charge in [-0.05, 0) is 31.0 Å². The number of aliphatic hydroxyl groups is 1. The van der Waals surface area contributed by atoms with E-state index in [0.29, 0.717) is 13.0 Å². The lowest BCUT2D eigenvalue weighted by molar-refractivity contribution is 0.235. The number of nitrogens with zero attached hydrogens (tertiary/aromatic N) is 2. The molecule has 0 saturated carbocycles. The van der Waals surface area contributed by atoms with E-state index in [9.17, 15) is 4.79 Å². The van der Waals surface area contributed by atoms with Crippen molar-refractivity contribution < 1.29 is 9.90 Å². The molecule has 2 amide bonds. The number of carbonyl (C=O) groups is 1. The zero-order valence-electron chi connectivity index (χ0n) is 12.0. The highest BCUT2D eigenvalue weighted by Gasteiger charge is 2.09. The molecule has 0 saturated heterocycles. The molecule has 0 aliphatic carbocycles. The Morgan fingerprint density at radius 2 is 2.33 bits per heavy atom. The number of aliphatic hydroxyl groups excluding tert-OH is 1. The van der Waals surface area contributed by atoms with Gasteiger partial charge in [-0.15, -0.1) is 0 Å². The molecule has 0 bridgehead atoms. The van der Waals surface area contributed by atoms with Gasteiger partial charge < -0.3 is 20.3 Å². The fourth-order valence-electron chi connectivity index (χ4n) is 1.98. The van der Waals surface area contributed by atoms with Crippen LogP contribution in [0.25, 0.3) is 5.69 Å². The molecule has 0 aliphatic rings. The van der Waals surface area contributed by atoms with E-state index < -0.39 is 0 Å². The summed E-state index contributed by atoms with van der Waals surface area (Å²) in [5.41, 5.74) is 2.01. The Bertz CT molecular complexity index is 569. The lowest BCUT2D eigenvalue weighted by Crippen LogP contribution is -2.37. The van der Waals surface area contributed by atoms with E-state index in [1.54, 1.807) is 12.5 Å². The fourth-order valence-corrected chi connectivity index (χ4v) is 1.98. The molecule has 0 aliphatic heterocycles. The van der Waals surface area contributed by atoms with Crippen molar-refractivity contribution in [1.29, 1.82) is 0 Å². The van der Waals surface area contributed by atoms with Crippen molar-refractivity contribution in [2.45, 2.75) is 19.4 Å². The molecular formula is C15H20N4O2. The molecule has 3 N–H and O–H groups in total. The summed E-state index contributed by atoms with van der Waals surface area (Å²) in [6.07, 6.45) is 5.89. The minimum absolute atomic E-state index is 0.0722. The van der Waals surface area contributed by atoms with Crippen LogP contribution in [0.4, 0.5) is 4.79 Å². The number of carbonyl (C=O) groups excluding carboxylic acids is 1. The molecule has 1 aromatic carbocycles. The third-order valence-corrected chi connectivity index (χ3v) is 3.14. The van der Waals surface area contributed by atoms with Crippen molar-refractivity contribution in [3.63, 3.8) is 0 Å². The summed E-state index contributed by atoms with van der Waals surface area (Å²) in [6.45, 7) is 2.46. The van der Waals surface area contributed by atoms with Crippen LogP contribution < -0.4 is 10.6 Å². The standard InChI is InChI=1S/C15H20N4O2/c1-12(18-15(21)17-6-3-9-20)13-4-2-5-14(10-13)19-8-7-16-11-19/h2,4-5,7-8,10-12,20H,3,6,9H2,1H3,(H2,17,18,21). The number of hydrogen-bond donors (Lipinski definition) is 3. The second-order valence-corrected chi connectivity index (χ2v) is 4.76. The van der Waals surface area contributed by atoms with Gasteiger partial charge >= 0.3 is 6.03 Å². The van der Waals surface area contributed by atoms with Crippen molar-refractivity contribution >= 4 is 6.03 Å². The molecule has 1 unspecified atom stereocenters. The molecule has 0 spiro atoms. The molecule has 0 fully saturated rings. The molecule has 1 heterocycles. The van der Waals surface area contributed by atoms with Crippen LogP contribution in [0.15, 0.2) is 43.0 Å². The van der Waals surface area contributed by atoms with Gasteiger partial charge in [-0.3, -0.25) is 0 Å². The largest absolute Gasteiger partial charge is 0.396 e. The van der Waals surface area contributed by atoms with Crippen LogP contribution in [0.1, 0.15) is 24.9 Å². The molecule has 1 atom stereocenters. The highest BCUT2D eigenvalue weighted by Crippen LogP contribution is 2.16. The number of imidazole rings is 1. The van der Waals surface area contributed by atoms with Crippen molar-refractivity contribution in [2.75, 3.05) is 13.2 Å². The zero-order valence-corrected chi connectivity index (χ0v) is 12.0. The first-order valence-electron chi connectivity index (χ1n) is 6.94. The molecule has 2 aromatic rings. The van der Waals surface area contributed by atoms with Crippen LogP contribution in [-0.4, -0.2) is 33.8 Å². The van der Waals surface area contributed by atoms with Gasteiger partial charge in [0.25, 0.3) is 0 Å². The quantitative estimate of drug-likeness (QED) is 0.707. The van der Waals surface area contributed by atoms with Crippen molar-refractivity contribution in [1.82, 2.24) is 20.2 Å². The Kier molecular flexibility index (Phi) is 5.34. The first kappa shape index (κ1) is 15.1. The molecular weight excluding hydrogens is 268 g/mol. The number of urea groups is 1. The van der Waals surface area contributed by atoms with E-state index in [0.717, 1.165) is 11.3 Å². The second kappa shape index (κ2) is 7.44. The maximum Gasteiger partial charge on any atom is 0.315 e. The first-order valence-corrected chi connectivity index (χ1v) is 6.94. The monoisotopic (exact) mass is 288 g/mol. The van der Waals surface area contributed by atoms with E-state index in [1.165, 1.54) is 0 Å². The lowest BCUT2D eigenvalue weighted by Gasteiger charge is -2.16. The molecule has 6 nitrogen and oxygen atoms in total. The van der Waals surface area contributed by atoms with Gasteiger partial charge in [-0.1, -0.05) is 12.1 Å². The number of hydrogen-bond acceptors (Lipinski definition) is 3. The molecule has 1 aromatic heterocycles. The van der Waals surface area contributed by atoms with Crippen LogP contribution in [0.2, 0.25) is 0 Å². The van der Waals surface area contributed by atoms with Crippen LogP contribution in [0.5, 0.6) is 0 Å². The van der Waals surface area contributed by atoms with Gasteiger partial charge in [0.05, 0.1) is 12.4 Å². The number of benzene rings is 1. The fraction of sp³-hybridized carbons (Fsp3) is 0.333. The number of rotatable bonds is 6. The Morgan fingerprint density at radius 1 is 1.48 bits per heavy atom. The van der Waals surface area contributed by atoms with Gasteiger partial charge in [0.2, 0.25) is 0 Å². The SMILES string of the molecule is CC(NC(=O)NCCCO)c1cccc(-n2ccnc2)c1. The molecule has 6 heteroatoms. The Morgan fingerprint density at radius 3 is 3.05 bits per heavy atom. The van der Waals surface area contributed by atoms with Crippen LogP contribution in [-0.2, 0) is 0 Å². The maximum absolute atomic E-state index is 11.7. The molecule has 0 radical (unpaired) electrons. The highest BCUT2D eigenvalue weighted by atomic mass is 16.3. The lowest BCUT2D eigenvalue weighted by atomic mass is 10.1. The average molecular weight is 288 g/mol. The number of amides is 2. The highest BCUT2D eigenvalue weighted by molar-refractivity contribution is 5.74. The van der Waals surface area contributed by atoms with Gasteiger partial charge in [0.15, 0.2) is 0 Å².